The molecule has 0 aliphatic rings. The van der Waals surface area contributed by atoms with Crippen LogP contribution in [0.3, 0.4) is 0 Å². The summed E-state index contributed by atoms with van der Waals surface area (Å²) in [7, 11) is 0. The number of aryl methyl sites for hydroxylation is 1. The Morgan fingerprint density at radius 3 is 2.81 bits per heavy atom. The lowest BCUT2D eigenvalue weighted by Gasteiger charge is -2.10. The van der Waals surface area contributed by atoms with Gasteiger partial charge in [-0.15, -0.1) is 11.3 Å². The van der Waals surface area contributed by atoms with Crippen molar-refractivity contribution in [2.45, 2.75) is 13.5 Å². The van der Waals surface area contributed by atoms with Crippen molar-refractivity contribution in [3.05, 3.63) is 45.9 Å². The van der Waals surface area contributed by atoms with Gasteiger partial charge in [0.15, 0.2) is 6.61 Å². The molecule has 1 aromatic heterocycles. The zero-order valence-corrected chi connectivity index (χ0v) is 12.3. The molecule has 0 fully saturated rings. The minimum Gasteiger partial charge on any atom is -0.483 e. The van der Waals surface area contributed by atoms with E-state index in [0.717, 1.165) is 10.7 Å². The summed E-state index contributed by atoms with van der Waals surface area (Å²) >= 11 is 1.49. The molecule has 21 heavy (non-hydrogen) atoms. The Morgan fingerprint density at radius 2 is 2.14 bits per heavy atom. The molecule has 6 nitrogen and oxygen atoms in total. The van der Waals surface area contributed by atoms with Crippen LogP contribution in [-0.4, -0.2) is 23.4 Å². The first-order valence-electron chi connectivity index (χ1n) is 6.25. The van der Waals surface area contributed by atoms with Gasteiger partial charge < -0.3 is 15.8 Å². The molecule has 3 N–H and O–H groups in total. The summed E-state index contributed by atoms with van der Waals surface area (Å²) in [5, 5.41) is 5.52. The molecule has 1 heterocycles. The quantitative estimate of drug-likeness (QED) is 0.839. The van der Waals surface area contributed by atoms with Gasteiger partial charge in [0, 0.05) is 11.1 Å². The van der Waals surface area contributed by atoms with Crippen LogP contribution in [0.2, 0.25) is 0 Å². The fourth-order valence-corrected chi connectivity index (χ4v) is 2.38. The molecule has 0 bridgehead atoms. The summed E-state index contributed by atoms with van der Waals surface area (Å²) in [6.07, 6.45) is 0. The fourth-order valence-electron chi connectivity index (χ4n) is 1.66. The molecule has 2 aromatic rings. The van der Waals surface area contributed by atoms with Gasteiger partial charge in [-0.1, -0.05) is 12.1 Å². The second-order valence-corrected chi connectivity index (χ2v) is 5.26. The normalized spacial score (nSPS) is 10.1. The summed E-state index contributed by atoms with van der Waals surface area (Å²) < 4.78 is 5.23. The van der Waals surface area contributed by atoms with Crippen LogP contribution in [0.4, 0.5) is 0 Å². The third kappa shape index (κ3) is 4.28. The number of carbonyl (C=O) groups excluding carboxylic acids is 2. The van der Waals surface area contributed by atoms with E-state index in [1.54, 1.807) is 24.3 Å². The largest absolute Gasteiger partial charge is 0.483 e. The number of benzene rings is 1. The van der Waals surface area contributed by atoms with Crippen molar-refractivity contribution < 1.29 is 14.3 Å². The van der Waals surface area contributed by atoms with Crippen LogP contribution in [0.15, 0.2) is 29.6 Å². The van der Waals surface area contributed by atoms with E-state index < -0.39 is 5.91 Å². The Hall–Kier alpha value is -2.41. The van der Waals surface area contributed by atoms with Crippen molar-refractivity contribution in [2.75, 3.05) is 6.61 Å². The predicted octanol–water partition coefficient (Wildman–Crippen LogP) is 1.25. The van der Waals surface area contributed by atoms with Gasteiger partial charge in [-0.05, 0) is 19.1 Å². The first-order valence-corrected chi connectivity index (χ1v) is 7.13. The summed E-state index contributed by atoms with van der Waals surface area (Å²) in [4.78, 5) is 27.2. The van der Waals surface area contributed by atoms with E-state index in [-0.39, 0.29) is 12.5 Å². The molecule has 0 aliphatic heterocycles. The number of nitrogens with zero attached hydrogens (tertiary/aromatic N) is 1. The maximum Gasteiger partial charge on any atom is 0.255 e. The number of carbonyl (C=O) groups is 2. The maximum absolute atomic E-state index is 12.2. The van der Waals surface area contributed by atoms with E-state index in [0.29, 0.717) is 17.9 Å². The van der Waals surface area contributed by atoms with E-state index in [1.165, 1.54) is 11.3 Å². The van der Waals surface area contributed by atoms with Crippen molar-refractivity contribution >= 4 is 23.2 Å². The molecule has 0 unspecified atom stereocenters. The van der Waals surface area contributed by atoms with Crippen molar-refractivity contribution in [1.29, 1.82) is 0 Å². The first-order chi connectivity index (χ1) is 10.1. The van der Waals surface area contributed by atoms with Crippen molar-refractivity contribution in [3.63, 3.8) is 0 Å². The number of nitrogens with one attached hydrogen (secondary N) is 1. The number of thiazole rings is 1. The highest BCUT2D eigenvalue weighted by atomic mass is 32.1. The number of ether oxygens (including phenoxy) is 1. The molecule has 2 rings (SSSR count). The summed E-state index contributed by atoms with van der Waals surface area (Å²) in [6, 6.07) is 6.68. The van der Waals surface area contributed by atoms with Gasteiger partial charge in [0.05, 0.1) is 12.1 Å². The monoisotopic (exact) mass is 305 g/mol. The van der Waals surface area contributed by atoms with Crippen LogP contribution in [0, 0.1) is 6.92 Å². The standard InChI is InChI=1S/C14H15N3O3S/c1-9-8-21-13(17-9)6-16-14(19)10-4-2-3-5-11(10)20-7-12(15)18/h2-5,8H,6-7H2,1H3,(H2,15,18)(H,16,19). The van der Waals surface area contributed by atoms with E-state index in [2.05, 4.69) is 10.3 Å². The summed E-state index contributed by atoms with van der Waals surface area (Å²) in [5.74, 6) is -0.560. The summed E-state index contributed by atoms with van der Waals surface area (Å²) in [5.41, 5.74) is 6.31. The predicted molar refractivity (Wildman–Crippen MR) is 79.2 cm³/mol. The Bertz CT molecular complexity index is 654. The Kier molecular flexibility index (Phi) is 4.89. The van der Waals surface area contributed by atoms with Gasteiger partial charge in [0.1, 0.15) is 10.8 Å². The van der Waals surface area contributed by atoms with Crippen LogP contribution in [-0.2, 0) is 11.3 Å². The Morgan fingerprint density at radius 1 is 1.38 bits per heavy atom. The van der Waals surface area contributed by atoms with E-state index in [9.17, 15) is 9.59 Å². The average molecular weight is 305 g/mol. The minimum atomic E-state index is -0.594. The van der Waals surface area contributed by atoms with Gasteiger partial charge in [0.2, 0.25) is 0 Å². The Labute approximate surface area is 125 Å². The van der Waals surface area contributed by atoms with Crippen LogP contribution in [0.1, 0.15) is 21.1 Å². The molecule has 7 heteroatoms. The molecule has 1 aromatic carbocycles. The summed E-state index contributed by atoms with van der Waals surface area (Å²) in [6.45, 7) is 1.98. The number of nitrogens with two attached hydrogens (primary N) is 1. The van der Waals surface area contributed by atoms with E-state index in [1.807, 2.05) is 12.3 Å². The zero-order valence-electron chi connectivity index (χ0n) is 11.5. The van der Waals surface area contributed by atoms with Gasteiger partial charge >= 0.3 is 0 Å². The van der Waals surface area contributed by atoms with E-state index >= 15 is 0 Å². The SMILES string of the molecule is Cc1csc(CNC(=O)c2ccccc2OCC(N)=O)n1. The van der Waals surface area contributed by atoms with E-state index in [4.69, 9.17) is 10.5 Å². The molecule has 110 valence electrons. The average Bonchev–Trinajstić information content (AvgIpc) is 2.88. The van der Waals surface area contributed by atoms with Gasteiger partial charge in [0.25, 0.3) is 11.8 Å². The molecule has 0 saturated carbocycles. The molecular formula is C14H15N3O3S. The van der Waals surface area contributed by atoms with Crippen molar-refractivity contribution in [1.82, 2.24) is 10.3 Å². The maximum atomic E-state index is 12.2. The Balaban J connectivity index is 2.02. The second-order valence-electron chi connectivity index (χ2n) is 4.32. The van der Waals surface area contributed by atoms with Crippen molar-refractivity contribution in [3.8, 4) is 5.75 Å². The highest BCUT2D eigenvalue weighted by Gasteiger charge is 2.13. The molecule has 0 aliphatic carbocycles. The van der Waals surface area contributed by atoms with Crippen LogP contribution in [0.5, 0.6) is 5.75 Å². The number of primary amides is 1. The number of aromatic nitrogens is 1. The van der Waals surface area contributed by atoms with Gasteiger partial charge in [-0.3, -0.25) is 9.59 Å². The molecule has 0 saturated heterocycles. The smallest absolute Gasteiger partial charge is 0.255 e. The number of hydrogen-bond donors (Lipinski definition) is 2. The lowest BCUT2D eigenvalue weighted by Crippen LogP contribution is -2.25. The van der Waals surface area contributed by atoms with Gasteiger partial charge in [-0.2, -0.15) is 0 Å². The van der Waals surface area contributed by atoms with Gasteiger partial charge in [-0.25, -0.2) is 4.98 Å². The molecular weight excluding hydrogens is 290 g/mol. The second kappa shape index (κ2) is 6.85. The third-order valence-electron chi connectivity index (χ3n) is 2.57. The number of rotatable bonds is 6. The highest BCUT2D eigenvalue weighted by molar-refractivity contribution is 7.09. The molecule has 0 radical (unpaired) electrons. The number of amides is 2. The van der Waals surface area contributed by atoms with Crippen LogP contribution >= 0.6 is 11.3 Å². The third-order valence-corrected chi connectivity index (χ3v) is 3.54. The number of para-hydroxylation sites is 1. The molecule has 0 atom stereocenters. The first kappa shape index (κ1) is 15.0. The molecule has 2 amide bonds. The highest BCUT2D eigenvalue weighted by Crippen LogP contribution is 2.18. The lowest BCUT2D eigenvalue weighted by atomic mass is 10.2. The molecule has 0 spiro atoms. The number of hydrogen-bond acceptors (Lipinski definition) is 5. The lowest BCUT2D eigenvalue weighted by molar-refractivity contribution is -0.119. The zero-order chi connectivity index (χ0) is 15.2. The fraction of sp³-hybridized carbons (Fsp3) is 0.214. The van der Waals surface area contributed by atoms with Crippen LogP contribution < -0.4 is 15.8 Å². The topological polar surface area (TPSA) is 94.3 Å². The van der Waals surface area contributed by atoms with Crippen LogP contribution in [0.25, 0.3) is 0 Å². The minimum absolute atomic E-state index is 0.268. The van der Waals surface area contributed by atoms with Crippen molar-refractivity contribution in [2.24, 2.45) is 5.73 Å².